The summed E-state index contributed by atoms with van der Waals surface area (Å²) in [6.07, 6.45) is 1.86. The second kappa shape index (κ2) is 6.42. The van der Waals surface area contributed by atoms with Gasteiger partial charge in [-0.1, -0.05) is 19.1 Å². The Morgan fingerprint density at radius 1 is 1.42 bits per heavy atom. The fraction of sp³-hybridized carbons (Fsp3) is 0.385. The van der Waals surface area contributed by atoms with Crippen molar-refractivity contribution in [2.24, 2.45) is 5.92 Å². The maximum atomic E-state index is 13.1. The van der Waals surface area contributed by atoms with E-state index in [1.54, 1.807) is 10.7 Å². The average molecular weight is 374 g/mol. The highest BCUT2D eigenvalue weighted by Gasteiger charge is 2.07. The molecule has 0 bridgehead atoms. The first kappa shape index (κ1) is 14.4. The van der Waals surface area contributed by atoms with E-state index in [-0.39, 0.29) is 5.82 Å². The standard InChI is InChI=1S/C13H16FIN4/c1-9(2)6-16-7-11-8-19(18-17-11)13-4-3-10(14)5-12(13)15/h3-5,8-9,16H,6-7H2,1-2H3. The smallest absolute Gasteiger partial charge is 0.124 e. The molecule has 1 aromatic heterocycles. The number of hydrogen-bond acceptors (Lipinski definition) is 3. The summed E-state index contributed by atoms with van der Waals surface area (Å²) < 4.78 is 15.5. The van der Waals surface area contributed by atoms with E-state index in [4.69, 9.17) is 0 Å². The molecular weight excluding hydrogens is 358 g/mol. The monoisotopic (exact) mass is 374 g/mol. The molecule has 0 spiro atoms. The highest BCUT2D eigenvalue weighted by atomic mass is 127. The first-order chi connectivity index (χ1) is 9.06. The fourth-order valence-corrected chi connectivity index (χ4v) is 2.38. The third-order valence-corrected chi connectivity index (χ3v) is 3.42. The zero-order valence-electron chi connectivity index (χ0n) is 10.9. The molecule has 6 heteroatoms. The third-order valence-electron chi connectivity index (χ3n) is 2.56. The van der Waals surface area contributed by atoms with E-state index in [1.807, 2.05) is 6.20 Å². The van der Waals surface area contributed by atoms with Gasteiger partial charge >= 0.3 is 0 Å². The van der Waals surface area contributed by atoms with Gasteiger partial charge in [-0.2, -0.15) is 0 Å². The van der Waals surface area contributed by atoms with Crippen LogP contribution in [0.1, 0.15) is 19.5 Å². The molecule has 0 aliphatic carbocycles. The molecule has 0 saturated heterocycles. The number of hydrogen-bond donors (Lipinski definition) is 1. The number of halogens is 2. The van der Waals surface area contributed by atoms with Crippen LogP contribution in [-0.4, -0.2) is 21.5 Å². The van der Waals surface area contributed by atoms with Crippen molar-refractivity contribution >= 4 is 22.6 Å². The fourth-order valence-electron chi connectivity index (χ4n) is 1.65. The second-order valence-electron chi connectivity index (χ2n) is 4.77. The van der Waals surface area contributed by atoms with Crippen molar-refractivity contribution in [1.29, 1.82) is 0 Å². The van der Waals surface area contributed by atoms with Crippen LogP contribution in [0.15, 0.2) is 24.4 Å². The Hall–Kier alpha value is -1.02. The Morgan fingerprint density at radius 2 is 2.21 bits per heavy atom. The minimum absolute atomic E-state index is 0.243. The number of aromatic nitrogens is 3. The van der Waals surface area contributed by atoms with E-state index in [9.17, 15) is 4.39 Å². The zero-order chi connectivity index (χ0) is 13.8. The topological polar surface area (TPSA) is 42.7 Å². The van der Waals surface area contributed by atoms with Crippen molar-refractivity contribution in [1.82, 2.24) is 20.3 Å². The van der Waals surface area contributed by atoms with Crippen molar-refractivity contribution < 1.29 is 4.39 Å². The highest BCUT2D eigenvalue weighted by Crippen LogP contribution is 2.17. The van der Waals surface area contributed by atoms with Crippen LogP contribution < -0.4 is 5.32 Å². The first-order valence-corrected chi connectivity index (χ1v) is 7.21. The molecule has 2 rings (SSSR count). The van der Waals surface area contributed by atoms with E-state index in [0.717, 1.165) is 21.5 Å². The summed E-state index contributed by atoms with van der Waals surface area (Å²) in [5.41, 5.74) is 1.71. The van der Waals surface area contributed by atoms with Crippen molar-refractivity contribution in [3.63, 3.8) is 0 Å². The van der Waals surface area contributed by atoms with Crippen LogP contribution in [-0.2, 0) is 6.54 Å². The first-order valence-electron chi connectivity index (χ1n) is 6.13. The van der Waals surface area contributed by atoms with Crippen LogP contribution in [0.5, 0.6) is 0 Å². The lowest BCUT2D eigenvalue weighted by atomic mass is 10.2. The predicted molar refractivity (Wildman–Crippen MR) is 80.6 cm³/mol. The minimum atomic E-state index is -0.243. The van der Waals surface area contributed by atoms with Gasteiger partial charge in [-0.15, -0.1) is 5.10 Å². The molecule has 19 heavy (non-hydrogen) atoms. The Labute approximate surface area is 125 Å². The SMILES string of the molecule is CC(C)CNCc1cn(-c2ccc(F)cc2I)nn1. The quantitative estimate of drug-likeness (QED) is 0.819. The summed E-state index contributed by atoms with van der Waals surface area (Å²) in [4.78, 5) is 0. The highest BCUT2D eigenvalue weighted by molar-refractivity contribution is 14.1. The van der Waals surface area contributed by atoms with Gasteiger partial charge in [0.1, 0.15) is 5.82 Å². The Morgan fingerprint density at radius 3 is 2.89 bits per heavy atom. The lowest BCUT2D eigenvalue weighted by Gasteiger charge is -2.04. The molecule has 0 unspecified atom stereocenters. The summed E-state index contributed by atoms with van der Waals surface area (Å²) >= 11 is 2.09. The van der Waals surface area contributed by atoms with Gasteiger partial charge in [0.15, 0.2) is 0 Å². The van der Waals surface area contributed by atoms with Crippen molar-refractivity contribution in [3.05, 3.63) is 39.5 Å². The number of nitrogens with zero attached hydrogens (tertiary/aromatic N) is 3. The van der Waals surface area contributed by atoms with Gasteiger partial charge in [-0.3, -0.25) is 0 Å². The molecule has 0 atom stereocenters. The van der Waals surface area contributed by atoms with Crippen LogP contribution in [0, 0.1) is 15.3 Å². The maximum absolute atomic E-state index is 13.1. The normalized spacial score (nSPS) is 11.2. The summed E-state index contributed by atoms with van der Waals surface area (Å²) in [5.74, 6) is 0.361. The predicted octanol–water partition coefficient (Wildman–Crippen LogP) is 2.76. The van der Waals surface area contributed by atoms with E-state index >= 15 is 0 Å². The van der Waals surface area contributed by atoms with Crippen LogP contribution in [0.3, 0.4) is 0 Å². The van der Waals surface area contributed by atoms with E-state index in [2.05, 4.69) is 52.1 Å². The number of benzene rings is 1. The van der Waals surface area contributed by atoms with Crippen molar-refractivity contribution in [2.45, 2.75) is 20.4 Å². The van der Waals surface area contributed by atoms with Gasteiger partial charge in [0.25, 0.3) is 0 Å². The Kier molecular flexibility index (Phi) is 4.87. The molecule has 1 heterocycles. The molecular formula is C13H16FIN4. The lowest BCUT2D eigenvalue weighted by Crippen LogP contribution is -2.19. The van der Waals surface area contributed by atoms with Gasteiger partial charge in [0.05, 0.1) is 17.6 Å². The average Bonchev–Trinajstić information content (AvgIpc) is 2.77. The van der Waals surface area contributed by atoms with Crippen LogP contribution in [0.2, 0.25) is 0 Å². The summed E-state index contributed by atoms with van der Waals surface area (Å²) in [6, 6.07) is 4.61. The van der Waals surface area contributed by atoms with E-state index < -0.39 is 0 Å². The Balaban J connectivity index is 2.08. The van der Waals surface area contributed by atoms with Gasteiger partial charge < -0.3 is 5.32 Å². The Bertz CT molecular complexity index is 553. The summed E-state index contributed by atoms with van der Waals surface area (Å²) in [6.45, 7) is 5.95. The van der Waals surface area contributed by atoms with Crippen LogP contribution in [0.4, 0.5) is 4.39 Å². The summed E-state index contributed by atoms with van der Waals surface area (Å²) in [5, 5.41) is 11.5. The molecule has 1 aromatic carbocycles. The zero-order valence-corrected chi connectivity index (χ0v) is 13.1. The van der Waals surface area contributed by atoms with Crippen molar-refractivity contribution in [3.8, 4) is 5.69 Å². The summed E-state index contributed by atoms with van der Waals surface area (Å²) in [7, 11) is 0. The molecule has 1 N–H and O–H groups in total. The van der Waals surface area contributed by atoms with E-state index in [1.165, 1.54) is 12.1 Å². The number of nitrogens with one attached hydrogen (secondary N) is 1. The number of rotatable bonds is 5. The van der Waals surface area contributed by atoms with Gasteiger partial charge in [0.2, 0.25) is 0 Å². The molecule has 102 valence electrons. The van der Waals surface area contributed by atoms with Gasteiger partial charge in [-0.05, 0) is 53.3 Å². The molecule has 0 saturated carbocycles. The van der Waals surface area contributed by atoms with Gasteiger partial charge in [-0.25, -0.2) is 9.07 Å². The van der Waals surface area contributed by atoms with Gasteiger partial charge in [0, 0.05) is 10.1 Å². The lowest BCUT2D eigenvalue weighted by molar-refractivity contribution is 0.548. The maximum Gasteiger partial charge on any atom is 0.124 e. The van der Waals surface area contributed by atoms with Crippen LogP contribution >= 0.6 is 22.6 Å². The molecule has 4 nitrogen and oxygen atoms in total. The second-order valence-corrected chi connectivity index (χ2v) is 5.94. The molecule has 0 fully saturated rings. The molecule has 0 radical (unpaired) electrons. The minimum Gasteiger partial charge on any atom is -0.311 e. The molecule has 0 aliphatic rings. The van der Waals surface area contributed by atoms with E-state index in [0.29, 0.717) is 12.5 Å². The van der Waals surface area contributed by atoms with Crippen molar-refractivity contribution in [2.75, 3.05) is 6.54 Å². The third kappa shape index (κ3) is 3.97. The molecule has 2 aromatic rings. The molecule has 0 amide bonds. The van der Waals surface area contributed by atoms with Crippen LogP contribution in [0.25, 0.3) is 5.69 Å². The molecule has 0 aliphatic heterocycles. The largest absolute Gasteiger partial charge is 0.311 e.